The number of rotatable bonds is 2. The molecule has 2 heterocycles. The maximum absolute atomic E-state index is 8.83. The van der Waals surface area contributed by atoms with Gasteiger partial charge in [0.2, 0.25) is 0 Å². The highest BCUT2D eigenvalue weighted by Crippen LogP contribution is 2.32. The molecule has 1 aliphatic rings. The van der Waals surface area contributed by atoms with Crippen molar-refractivity contribution < 1.29 is 4.74 Å². The van der Waals surface area contributed by atoms with E-state index < -0.39 is 0 Å². The highest BCUT2D eigenvalue weighted by Gasteiger charge is 2.25. The summed E-state index contributed by atoms with van der Waals surface area (Å²) in [5.74, 6) is 0. The zero-order valence-electron chi connectivity index (χ0n) is 8.81. The molecule has 1 aliphatic heterocycles. The first-order valence-electron chi connectivity index (χ1n) is 5.05. The van der Waals surface area contributed by atoms with E-state index in [1.165, 1.54) is 0 Å². The summed E-state index contributed by atoms with van der Waals surface area (Å²) in [6, 6.07) is 5.41. The summed E-state index contributed by atoms with van der Waals surface area (Å²) >= 11 is 7.48. The molecule has 1 fully saturated rings. The van der Waals surface area contributed by atoms with Gasteiger partial charge in [-0.1, -0.05) is 11.6 Å². The number of hydrogen-bond acceptors (Lipinski definition) is 4. The summed E-state index contributed by atoms with van der Waals surface area (Å²) in [5, 5.41) is 10.4. The minimum absolute atomic E-state index is 0.233. The lowest BCUT2D eigenvalue weighted by Gasteiger charge is -2.12. The van der Waals surface area contributed by atoms with E-state index in [2.05, 4.69) is 18.0 Å². The largest absolute Gasteiger partial charge is 0.377 e. The molecule has 0 saturated carbocycles. The number of thioether (sulfide) groups is 1. The van der Waals surface area contributed by atoms with Gasteiger partial charge < -0.3 is 4.74 Å². The van der Waals surface area contributed by atoms with Gasteiger partial charge in [0.25, 0.3) is 0 Å². The van der Waals surface area contributed by atoms with Gasteiger partial charge in [0.1, 0.15) is 5.15 Å². The first kappa shape index (κ1) is 11.7. The SMILES string of the molecule is CC1OCCC1Sc1cc(C#N)cc(Cl)n1. The molecule has 84 valence electrons. The molecule has 1 aromatic heterocycles. The van der Waals surface area contributed by atoms with Gasteiger partial charge in [0.05, 0.1) is 22.8 Å². The average molecular weight is 255 g/mol. The standard InChI is InChI=1S/C11H11ClN2OS/c1-7-9(2-3-15-7)16-11-5-8(6-13)4-10(12)14-11/h4-5,7,9H,2-3H2,1H3. The Labute approximate surface area is 104 Å². The lowest BCUT2D eigenvalue weighted by Crippen LogP contribution is -2.13. The topological polar surface area (TPSA) is 45.9 Å². The van der Waals surface area contributed by atoms with Crippen molar-refractivity contribution >= 4 is 23.4 Å². The van der Waals surface area contributed by atoms with Gasteiger partial charge in [0, 0.05) is 11.9 Å². The van der Waals surface area contributed by atoms with Gasteiger partial charge in [-0.25, -0.2) is 4.98 Å². The molecule has 0 amide bonds. The van der Waals surface area contributed by atoms with Crippen molar-refractivity contribution in [3.8, 4) is 6.07 Å². The van der Waals surface area contributed by atoms with Crippen molar-refractivity contribution in [2.45, 2.75) is 29.7 Å². The minimum Gasteiger partial charge on any atom is -0.377 e. The summed E-state index contributed by atoms with van der Waals surface area (Å²) in [6.07, 6.45) is 1.25. The molecule has 0 spiro atoms. The third-order valence-electron chi connectivity index (χ3n) is 2.48. The summed E-state index contributed by atoms with van der Waals surface area (Å²) in [4.78, 5) is 4.20. The summed E-state index contributed by atoms with van der Waals surface area (Å²) in [7, 11) is 0. The molecule has 1 aromatic rings. The van der Waals surface area contributed by atoms with Crippen LogP contribution in [-0.2, 0) is 4.74 Å². The lowest BCUT2D eigenvalue weighted by molar-refractivity contribution is 0.127. The van der Waals surface area contributed by atoms with Crippen LogP contribution in [-0.4, -0.2) is 22.9 Å². The molecule has 2 rings (SSSR count). The number of nitriles is 1. The molecule has 0 bridgehead atoms. The molecular weight excluding hydrogens is 244 g/mol. The van der Waals surface area contributed by atoms with Crippen LogP contribution in [0.15, 0.2) is 17.2 Å². The number of hydrogen-bond donors (Lipinski definition) is 0. The van der Waals surface area contributed by atoms with Gasteiger partial charge in [-0.3, -0.25) is 0 Å². The van der Waals surface area contributed by atoms with Crippen LogP contribution in [0.4, 0.5) is 0 Å². The fraction of sp³-hybridized carbons (Fsp3) is 0.455. The third kappa shape index (κ3) is 2.67. The Morgan fingerprint density at radius 1 is 1.62 bits per heavy atom. The van der Waals surface area contributed by atoms with Crippen molar-refractivity contribution in [1.82, 2.24) is 4.98 Å². The quantitative estimate of drug-likeness (QED) is 0.762. The van der Waals surface area contributed by atoms with E-state index in [1.807, 2.05) is 0 Å². The van der Waals surface area contributed by atoms with E-state index in [0.29, 0.717) is 16.0 Å². The van der Waals surface area contributed by atoms with Crippen molar-refractivity contribution in [3.63, 3.8) is 0 Å². The summed E-state index contributed by atoms with van der Waals surface area (Å²) in [5.41, 5.74) is 0.550. The first-order valence-corrected chi connectivity index (χ1v) is 6.31. The van der Waals surface area contributed by atoms with Crippen molar-refractivity contribution in [3.05, 3.63) is 22.8 Å². The van der Waals surface area contributed by atoms with Gasteiger partial charge in [-0.2, -0.15) is 5.26 Å². The van der Waals surface area contributed by atoms with Gasteiger partial charge >= 0.3 is 0 Å². The minimum atomic E-state index is 0.233. The molecule has 0 aromatic carbocycles. The molecule has 2 atom stereocenters. The molecule has 1 saturated heterocycles. The highest BCUT2D eigenvalue weighted by molar-refractivity contribution is 7.99. The van der Waals surface area contributed by atoms with Crippen LogP contribution >= 0.6 is 23.4 Å². The highest BCUT2D eigenvalue weighted by atomic mass is 35.5. The normalized spacial score (nSPS) is 24.3. The molecule has 3 nitrogen and oxygen atoms in total. The van der Waals surface area contributed by atoms with Crippen LogP contribution in [0.3, 0.4) is 0 Å². The number of nitrogens with zero attached hydrogens (tertiary/aromatic N) is 2. The molecule has 16 heavy (non-hydrogen) atoms. The van der Waals surface area contributed by atoms with E-state index in [9.17, 15) is 0 Å². The van der Waals surface area contributed by atoms with E-state index in [1.54, 1.807) is 23.9 Å². The van der Waals surface area contributed by atoms with Crippen LogP contribution in [0.1, 0.15) is 18.9 Å². The molecule has 0 radical (unpaired) electrons. The predicted molar refractivity (Wildman–Crippen MR) is 63.6 cm³/mol. The average Bonchev–Trinajstić information content (AvgIpc) is 2.63. The fourth-order valence-electron chi connectivity index (χ4n) is 1.62. The Hall–Kier alpha value is -0.760. The molecule has 0 N–H and O–H groups in total. The maximum atomic E-state index is 8.83. The van der Waals surface area contributed by atoms with Crippen molar-refractivity contribution in [2.75, 3.05) is 6.61 Å². The first-order chi connectivity index (χ1) is 7.69. The monoisotopic (exact) mass is 254 g/mol. The van der Waals surface area contributed by atoms with E-state index in [0.717, 1.165) is 18.1 Å². The molecule has 2 unspecified atom stereocenters. The van der Waals surface area contributed by atoms with Gasteiger partial charge in [0.15, 0.2) is 0 Å². The zero-order valence-corrected chi connectivity index (χ0v) is 10.4. The van der Waals surface area contributed by atoms with Crippen LogP contribution in [0, 0.1) is 11.3 Å². The van der Waals surface area contributed by atoms with Crippen LogP contribution in [0.5, 0.6) is 0 Å². The van der Waals surface area contributed by atoms with Crippen LogP contribution in [0.25, 0.3) is 0 Å². The Morgan fingerprint density at radius 2 is 2.44 bits per heavy atom. The second-order valence-electron chi connectivity index (χ2n) is 3.65. The van der Waals surface area contributed by atoms with Gasteiger partial charge in [-0.15, -0.1) is 11.8 Å². The number of ether oxygens (including phenoxy) is 1. The van der Waals surface area contributed by atoms with Crippen LogP contribution < -0.4 is 0 Å². The lowest BCUT2D eigenvalue weighted by atomic mass is 10.3. The molecule has 5 heteroatoms. The Kier molecular flexibility index (Phi) is 3.70. The Morgan fingerprint density at radius 3 is 3.06 bits per heavy atom. The fourth-order valence-corrected chi connectivity index (χ4v) is 3.02. The zero-order chi connectivity index (χ0) is 11.5. The van der Waals surface area contributed by atoms with Gasteiger partial charge in [-0.05, 0) is 25.5 Å². The maximum Gasteiger partial charge on any atom is 0.131 e. The van der Waals surface area contributed by atoms with E-state index in [4.69, 9.17) is 21.6 Å². The number of pyridine rings is 1. The van der Waals surface area contributed by atoms with E-state index in [-0.39, 0.29) is 6.10 Å². The number of aromatic nitrogens is 1. The Bertz CT molecular complexity index is 432. The predicted octanol–water partition coefficient (Wildman–Crippen LogP) is 2.88. The summed E-state index contributed by atoms with van der Waals surface area (Å²) < 4.78 is 5.48. The smallest absolute Gasteiger partial charge is 0.131 e. The Balaban J connectivity index is 2.15. The molecular formula is C11H11ClN2OS. The second-order valence-corrected chi connectivity index (χ2v) is 5.30. The van der Waals surface area contributed by atoms with Crippen molar-refractivity contribution in [2.24, 2.45) is 0 Å². The van der Waals surface area contributed by atoms with E-state index >= 15 is 0 Å². The van der Waals surface area contributed by atoms with Crippen molar-refractivity contribution in [1.29, 1.82) is 5.26 Å². The second kappa shape index (κ2) is 5.05. The third-order valence-corrected chi connectivity index (χ3v) is 4.04. The number of halogens is 1. The summed E-state index contributed by atoms with van der Waals surface area (Å²) in [6.45, 7) is 2.85. The van der Waals surface area contributed by atoms with Crippen LogP contribution in [0.2, 0.25) is 5.15 Å². The molecule has 0 aliphatic carbocycles.